The molecule has 9 nitrogen and oxygen atoms in total. The zero-order chi connectivity index (χ0) is 22.1. The molecule has 0 saturated carbocycles. The molecule has 2 aromatic carbocycles. The normalized spacial score (nSPS) is 15.9. The molecule has 158 valence electrons. The maximum Gasteiger partial charge on any atom is 0.270 e. The summed E-state index contributed by atoms with van der Waals surface area (Å²) in [6.07, 6.45) is 0.266. The molecule has 0 spiro atoms. The van der Waals surface area contributed by atoms with E-state index in [1.807, 2.05) is 0 Å². The molecule has 12 heteroatoms. The van der Waals surface area contributed by atoms with Gasteiger partial charge in [0.1, 0.15) is 5.01 Å². The summed E-state index contributed by atoms with van der Waals surface area (Å²) in [4.78, 5) is 36.9. The number of carbonyl (C=O) groups is 2. The average Bonchev–Trinajstić information content (AvgIpc) is 3.35. The standard InChI is InChI=1S/C19H13Cl2N5O4S/c20-11-1-3-12(4-2-11)25-9-10(7-16(25)27)18-23-24-19(31-18)22-17(28)14-8-13(26(29)30)5-6-15(14)21/h1-6,8,10H,7,9H2,(H,22,24,28). The number of nitro benzene ring substituents is 1. The molecule has 1 fully saturated rings. The first-order valence-electron chi connectivity index (χ1n) is 8.96. The average molecular weight is 478 g/mol. The van der Waals surface area contributed by atoms with Crippen molar-refractivity contribution in [1.29, 1.82) is 0 Å². The minimum absolute atomic E-state index is 0.0439. The zero-order valence-electron chi connectivity index (χ0n) is 15.6. The van der Waals surface area contributed by atoms with Crippen LogP contribution in [0.15, 0.2) is 42.5 Å². The Labute approximate surface area is 189 Å². The summed E-state index contributed by atoms with van der Waals surface area (Å²) in [6.45, 7) is 0.430. The van der Waals surface area contributed by atoms with Gasteiger partial charge in [-0.05, 0) is 30.3 Å². The number of anilines is 2. The molecule has 3 aromatic rings. The third kappa shape index (κ3) is 4.50. The number of benzene rings is 2. The maximum absolute atomic E-state index is 12.5. The van der Waals surface area contributed by atoms with Crippen molar-refractivity contribution in [3.63, 3.8) is 0 Å². The summed E-state index contributed by atoms with van der Waals surface area (Å²) in [5.74, 6) is -0.856. The monoisotopic (exact) mass is 477 g/mol. The minimum Gasteiger partial charge on any atom is -0.312 e. The van der Waals surface area contributed by atoms with E-state index in [9.17, 15) is 19.7 Å². The van der Waals surface area contributed by atoms with Gasteiger partial charge in [-0.25, -0.2) is 0 Å². The molecule has 1 unspecified atom stereocenters. The van der Waals surface area contributed by atoms with Gasteiger partial charge in [-0.2, -0.15) is 0 Å². The van der Waals surface area contributed by atoms with Gasteiger partial charge in [0.15, 0.2) is 0 Å². The predicted octanol–water partition coefficient (Wildman–Crippen LogP) is 4.53. The third-order valence-corrected chi connectivity index (χ3v) is 6.26. The van der Waals surface area contributed by atoms with Crippen LogP contribution in [0.25, 0.3) is 0 Å². The van der Waals surface area contributed by atoms with E-state index < -0.39 is 10.8 Å². The van der Waals surface area contributed by atoms with E-state index in [2.05, 4.69) is 15.5 Å². The Morgan fingerprint density at radius 1 is 1.19 bits per heavy atom. The molecular formula is C19H13Cl2N5O4S. The molecule has 4 rings (SSSR count). The van der Waals surface area contributed by atoms with Crippen molar-refractivity contribution < 1.29 is 14.5 Å². The molecule has 1 aliphatic heterocycles. The molecule has 1 atom stereocenters. The van der Waals surface area contributed by atoms with E-state index >= 15 is 0 Å². The zero-order valence-corrected chi connectivity index (χ0v) is 17.9. The Kier molecular flexibility index (Phi) is 5.86. The first kappa shape index (κ1) is 21.2. The highest BCUT2D eigenvalue weighted by atomic mass is 35.5. The summed E-state index contributed by atoms with van der Waals surface area (Å²) >= 11 is 13.0. The molecule has 0 radical (unpaired) electrons. The highest BCUT2D eigenvalue weighted by Gasteiger charge is 2.34. The fraction of sp³-hybridized carbons (Fsp3) is 0.158. The van der Waals surface area contributed by atoms with Gasteiger partial charge in [0.05, 0.1) is 15.5 Å². The van der Waals surface area contributed by atoms with Crippen molar-refractivity contribution in [2.45, 2.75) is 12.3 Å². The second-order valence-electron chi connectivity index (χ2n) is 6.70. The van der Waals surface area contributed by atoms with E-state index in [-0.39, 0.29) is 39.7 Å². The second kappa shape index (κ2) is 8.58. The van der Waals surface area contributed by atoms with Crippen LogP contribution in [0.2, 0.25) is 10.0 Å². The fourth-order valence-corrected chi connectivity index (χ4v) is 4.32. The number of carbonyl (C=O) groups excluding carboxylic acids is 2. The lowest BCUT2D eigenvalue weighted by atomic mass is 10.1. The predicted molar refractivity (Wildman–Crippen MR) is 117 cm³/mol. The number of halogens is 2. The van der Waals surface area contributed by atoms with Crippen LogP contribution < -0.4 is 10.2 Å². The number of nitro groups is 1. The van der Waals surface area contributed by atoms with Crippen molar-refractivity contribution in [2.75, 3.05) is 16.8 Å². The molecule has 2 heterocycles. The topological polar surface area (TPSA) is 118 Å². The van der Waals surface area contributed by atoms with E-state index in [1.165, 1.54) is 12.1 Å². The number of non-ortho nitro benzene ring substituents is 1. The molecule has 2 amide bonds. The maximum atomic E-state index is 12.5. The van der Waals surface area contributed by atoms with Crippen LogP contribution in [0.5, 0.6) is 0 Å². The molecular weight excluding hydrogens is 465 g/mol. The number of hydrogen-bond acceptors (Lipinski definition) is 7. The van der Waals surface area contributed by atoms with Gasteiger partial charge in [-0.1, -0.05) is 34.5 Å². The highest BCUT2D eigenvalue weighted by molar-refractivity contribution is 7.15. The van der Waals surface area contributed by atoms with Crippen LogP contribution in [0.4, 0.5) is 16.5 Å². The van der Waals surface area contributed by atoms with E-state index in [1.54, 1.807) is 29.2 Å². The third-order valence-electron chi connectivity index (χ3n) is 4.68. The van der Waals surface area contributed by atoms with Gasteiger partial charge in [-0.3, -0.25) is 25.0 Å². The summed E-state index contributed by atoms with van der Waals surface area (Å²) < 4.78 is 0. The van der Waals surface area contributed by atoms with Crippen LogP contribution in [-0.2, 0) is 4.79 Å². The Hall–Kier alpha value is -3.08. The molecule has 1 aromatic heterocycles. The highest BCUT2D eigenvalue weighted by Crippen LogP contribution is 2.35. The first-order valence-corrected chi connectivity index (χ1v) is 10.5. The summed E-state index contributed by atoms with van der Waals surface area (Å²) in [5, 5.41) is 23.0. The number of nitrogens with one attached hydrogen (secondary N) is 1. The van der Waals surface area contributed by atoms with E-state index in [0.29, 0.717) is 16.6 Å². The Morgan fingerprint density at radius 2 is 1.94 bits per heavy atom. The molecule has 0 bridgehead atoms. The first-order chi connectivity index (χ1) is 14.8. The van der Waals surface area contributed by atoms with Crippen molar-refractivity contribution in [1.82, 2.24) is 10.2 Å². The minimum atomic E-state index is -0.637. The number of aromatic nitrogens is 2. The van der Waals surface area contributed by atoms with E-state index in [4.69, 9.17) is 23.2 Å². The van der Waals surface area contributed by atoms with Crippen molar-refractivity contribution in [3.05, 3.63) is 73.2 Å². The lowest BCUT2D eigenvalue weighted by Crippen LogP contribution is -2.24. The number of nitrogens with zero attached hydrogens (tertiary/aromatic N) is 4. The van der Waals surface area contributed by atoms with Gasteiger partial charge >= 0.3 is 0 Å². The molecule has 1 aliphatic rings. The largest absolute Gasteiger partial charge is 0.312 e. The summed E-state index contributed by atoms with van der Waals surface area (Å²) in [6, 6.07) is 10.6. The van der Waals surface area contributed by atoms with Gasteiger partial charge in [0.2, 0.25) is 11.0 Å². The Morgan fingerprint density at radius 3 is 2.65 bits per heavy atom. The van der Waals surface area contributed by atoms with Crippen LogP contribution in [0.1, 0.15) is 27.7 Å². The van der Waals surface area contributed by atoms with Crippen molar-refractivity contribution in [3.8, 4) is 0 Å². The lowest BCUT2D eigenvalue weighted by Gasteiger charge is -2.16. The molecule has 31 heavy (non-hydrogen) atoms. The van der Waals surface area contributed by atoms with Gasteiger partial charge < -0.3 is 4.90 Å². The number of rotatable bonds is 5. The van der Waals surface area contributed by atoms with Crippen LogP contribution >= 0.6 is 34.5 Å². The quantitative estimate of drug-likeness (QED) is 0.425. The number of amides is 2. The summed E-state index contributed by atoms with van der Waals surface area (Å²) in [7, 11) is 0. The SMILES string of the molecule is O=C(Nc1nnc(C2CC(=O)N(c3ccc(Cl)cc3)C2)s1)c1cc([N+](=O)[O-])ccc1Cl. The van der Waals surface area contributed by atoms with Crippen LogP contribution in [-0.4, -0.2) is 33.5 Å². The van der Waals surface area contributed by atoms with Gasteiger partial charge in [-0.15, -0.1) is 10.2 Å². The number of hydrogen-bond donors (Lipinski definition) is 1. The second-order valence-corrected chi connectivity index (χ2v) is 8.56. The Balaban J connectivity index is 1.47. The molecule has 0 aliphatic carbocycles. The van der Waals surface area contributed by atoms with Crippen LogP contribution in [0, 0.1) is 10.1 Å². The van der Waals surface area contributed by atoms with Gasteiger partial charge in [0.25, 0.3) is 11.6 Å². The van der Waals surface area contributed by atoms with E-state index in [0.717, 1.165) is 23.1 Å². The molecule has 1 saturated heterocycles. The Bertz CT molecular complexity index is 1180. The van der Waals surface area contributed by atoms with Gasteiger partial charge in [0, 0.05) is 41.7 Å². The van der Waals surface area contributed by atoms with Crippen molar-refractivity contribution in [2.24, 2.45) is 0 Å². The molecule has 1 N–H and O–H groups in total. The smallest absolute Gasteiger partial charge is 0.270 e. The van der Waals surface area contributed by atoms with Crippen molar-refractivity contribution >= 4 is 62.9 Å². The lowest BCUT2D eigenvalue weighted by molar-refractivity contribution is -0.384. The van der Waals surface area contributed by atoms with Crippen LogP contribution in [0.3, 0.4) is 0 Å². The fourth-order valence-electron chi connectivity index (χ4n) is 3.16. The summed E-state index contributed by atoms with van der Waals surface area (Å²) in [5.41, 5.74) is 0.451.